The lowest BCUT2D eigenvalue weighted by molar-refractivity contribution is 0.383. The van der Waals surface area contributed by atoms with Gasteiger partial charge < -0.3 is 4.90 Å². The summed E-state index contributed by atoms with van der Waals surface area (Å²) in [4.78, 5) is 15.1. The van der Waals surface area contributed by atoms with Gasteiger partial charge in [0.15, 0.2) is 0 Å². The molecule has 2 aliphatic rings. The van der Waals surface area contributed by atoms with Gasteiger partial charge in [0, 0.05) is 44.6 Å². The van der Waals surface area contributed by atoms with Gasteiger partial charge in [-0.1, -0.05) is 0 Å². The van der Waals surface area contributed by atoms with Crippen LogP contribution in [0.3, 0.4) is 0 Å². The number of imidazole rings is 1. The van der Waals surface area contributed by atoms with Crippen LogP contribution >= 0.6 is 0 Å². The van der Waals surface area contributed by atoms with Crippen molar-refractivity contribution in [2.45, 2.75) is 25.0 Å². The molecule has 0 bridgehead atoms. The van der Waals surface area contributed by atoms with Crippen LogP contribution in [0.1, 0.15) is 18.7 Å². The highest BCUT2D eigenvalue weighted by Crippen LogP contribution is 2.31. The van der Waals surface area contributed by atoms with E-state index in [9.17, 15) is 8.42 Å². The molecule has 4 rings (SSSR count). The number of nitrogens with zero attached hydrogens (tertiary/aromatic N) is 6. The van der Waals surface area contributed by atoms with E-state index < -0.39 is 10.0 Å². The van der Waals surface area contributed by atoms with Crippen LogP contribution in [0.2, 0.25) is 0 Å². The van der Waals surface area contributed by atoms with Crippen LogP contribution in [-0.2, 0) is 10.0 Å². The van der Waals surface area contributed by atoms with E-state index in [1.54, 1.807) is 16.8 Å². The fraction of sp³-hybridized carbons (Fsp3) is 0.533. The standard InChI is InChI=1S/C15H20N6O2S/c1-12-17-14(10-15(18-12)20-5-4-16-11-20)19-6-8-21(9-7-19)24(22,23)13-2-3-13/h4-5,10-11,13H,2-3,6-9H2,1H3. The Morgan fingerprint density at radius 3 is 2.42 bits per heavy atom. The smallest absolute Gasteiger partial charge is 0.217 e. The molecular formula is C15H20N6O2S. The van der Waals surface area contributed by atoms with Gasteiger partial charge in [0.25, 0.3) is 0 Å². The summed E-state index contributed by atoms with van der Waals surface area (Å²) in [5, 5.41) is -0.141. The highest BCUT2D eigenvalue weighted by atomic mass is 32.2. The van der Waals surface area contributed by atoms with Gasteiger partial charge >= 0.3 is 0 Å². The number of aryl methyl sites for hydroxylation is 1. The molecule has 0 aromatic carbocycles. The summed E-state index contributed by atoms with van der Waals surface area (Å²) in [5.74, 6) is 2.28. The molecule has 24 heavy (non-hydrogen) atoms. The van der Waals surface area contributed by atoms with Crippen molar-refractivity contribution in [2.75, 3.05) is 31.1 Å². The molecule has 0 N–H and O–H groups in total. The second-order valence-corrected chi connectivity index (χ2v) is 8.44. The first-order valence-corrected chi connectivity index (χ1v) is 9.62. The van der Waals surface area contributed by atoms with Crippen molar-refractivity contribution in [3.8, 4) is 5.82 Å². The second kappa shape index (κ2) is 5.82. The van der Waals surface area contributed by atoms with E-state index in [1.807, 2.05) is 23.8 Å². The molecule has 128 valence electrons. The lowest BCUT2D eigenvalue weighted by atomic mass is 10.3. The van der Waals surface area contributed by atoms with E-state index in [1.165, 1.54) is 0 Å². The van der Waals surface area contributed by atoms with Crippen LogP contribution in [0.15, 0.2) is 24.8 Å². The Kier molecular flexibility index (Phi) is 3.76. The minimum atomic E-state index is -3.08. The van der Waals surface area contributed by atoms with Crippen molar-refractivity contribution < 1.29 is 8.42 Å². The van der Waals surface area contributed by atoms with Crippen molar-refractivity contribution in [1.29, 1.82) is 0 Å². The fourth-order valence-electron chi connectivity index (χ4n) is 2.97. The Morgan fingerprint density at radius 2 is 1.79 bits per heavy atom. The van der Waals surface area contributed by atoms with Crippen molar-refractivity contribution in [3.05, 3.63) is 30.6 Å². The van der Waals surface area contributed by atoms with Gasteiger partial charge in [0.2, 0.25) is 10.0 Å². The summed E-state index contributed by atoms with van der Waals surface area (Å²) in [6.45, 7) is 4.18. The Morgan fingerprint density at radius 1 is 1.08 bits per heavy atom. The molecule has 1 saturated heterocycles. The zero-order chi connectivity index (χ0) is 16.7. The molecule has 9 heteroatoms. The van der Waals surface area contributed by atoms with E-state index in [4.69, 9.17) is 0 Å². The number of hydrogen-bond donors (Lipinski definition) is 0. The Labute approximate surface area is 141 Å². The predicted octanol–water partition coefficient (Wildman–Crippen LogP) is 0.585. The third-order valence-corrected chi connectivity index (χ3v) is 6.85. The largest absolute Gasteiger partial charge is 0.354 e. The molecule has 0 radical (unpaired) electrons. The van der Waals surface area contributed by atoms with Gasteiger partial charge in [-0.05, 0) is 19.8 Å². The first-order chi connectivity index (χ1) is 11.5. The third-order valence-electron chi connectivity index (χ3n) is 4.45. The number of sulfonamides is 1. The lowest BCUT2D eigenvalue weighted by Gasteiger charge is -2.34. The predicted molar refractivity (Wildman–Crippen MR) is 89.6 cm³/mol. The van der Waals surface area contributed by atoms with Gasteiger partial charge in [-0.15, -0.1) is 0 Å². The van der Waals surface area contributed by atoms with Gasteiger partial charge in [0.05, 0.1) is 5.25 Å². The average Bonchev–Trinajstić information content (AvgIpc) is 3.30. The molecule has 0 unspecified atom stereocenters. The molecule has 0 atom stereocenters. The molecule has 8 nitrogen and oxygen atoms in total. The highest BCUT2D eigenvalue weighted by Gasteiger charge is 2.41. The van der Waals surface area contributed by atoms with E-state index in [0.717, 1.165) is 24.5 Å². The van der Waals surface area contributed by atoms with E-state index in [2.05, 4.69) is 19.9 Å². The normalized spacial score (nSPS) is 19.6. The van der Waals surface area contributed by atoms with Crippen molar-refractivity contribution in [2.24, 2.45) is 0 Å². The van der Waals surface area contributed by atoms with Crippen LogP contribution in [0.25, 0.3) is 5.82 Å². The van der Waals surface area contributed by atoms with Crippen LogP contribution in [0, 0.1) is 6.92 Å². The second-order valence-electron chi connectivity index (χ2n) is 6.23. The van der Waals surface area contributed by atoms with Crippen molar-refractivity contribution in [1.82, 2.24) is 23.8 Å². The lowest BCUT2D eigenvalue weighted by Crippen LogP contribution is -2.49. The summed E-state index contributed by atoms with van der Waals surface area (Å²) in [7, 11) is -3.08. The number of piperazine rings is 1. The zero-order valence-electron chi connectivity index (χ0n) is 13.5. The average molecular weight is 348 g/mol. The van der Waals surface area contributed by atoms with Gasteiger partial charge in [0.1, 0.15) is 23.8 Å². The fourth-order valence-corrected chi connectivity index (χ4v) is 4.80. The zero-order valence-corrected chi connectivity index (χ0v) is 14.4. The van der Waals surface area contributed by atoms with Crippen LogP contribution in [-0.4, -0.2) is 63.7 Å². The first kappa shape index (κ1) is 15.5. The highest BCUT2D eigenvalue weighted by molar-refractivity contribution is 7.90. The van der Waals surface area contributed by atoms with Crippen LogP contribution in [0.5, 0.6) is 0 Å². The Bertz CT molecular complexity index is 824. The maximum Gasteiger partial charge on any atom is 0.217 e. The van der Waals surface area contributed by atoms with E-state index in [0.29, 0.717) is 32.0 Å². The maximum absolute atomic E-state index is 12.3. The Balaban J connectivity index is 1.51. The van der Waals surface area contributed by atoms with Gasteiger partial charge in [-0.2, -0.15) is 4.31 Å². The molecule has 1 saturated carbocycles. The number of anilines is 1. The first-order valence-electron chi connectivity index (χ1n) is 8.12. The summed E-state index contributed by atoms with van der Waals surface area (Å²) >= 11 is 0. The molecular weight excluding hydrogens is 328 g/mol. The molecule has 0 spiro atoms. The number of hydrogen-bond acceptors (Lipinski definition) is 6. The molecule has 0 amide bonds. The van der Waals surface area contributed by atoms with Crippen LogP contribution < -0.4 is 4.90 Å². The molecule has 2 fully saturated rings. The minimum Gasteiger partial charge on any atom is -0.354 e. The van der Waals surface area contributed by atoms with E-state index >= 15 is 0 Å². The summed E-state index contributed by atoms with van der Waals surface area (Å²) in [6, 6.07) is 1.92. The Hall–Kier alpha value is -2.00. The quantitative estimate of drug-likeness (QED) is 0.804. The van der Waals surface area contributed by atoms with Crippen LogP contribution in [0.4, 0.5) is 5.82 Å². The molecule has 1 aliphatic heterocycles. The van der Waals surface area contributed by atoms with E-state index in [-0.39, 0.29) is 5.25 Å². The number of aromatic nitrogens is 4. The summed E-state index contributed by atoms with van der Waals surface area (Å²) in [5.41, 5.74) is 0. The van der Waals surface area contributed by atoms with Crippen molar-refractivity contribution in [3.63, 3.8) is 0 Å². The number of rotatable bonds is 4. The molecule has 1 aliphatic carbocycles. The summed E-state index contributed by atoms with van der Waals surface area (Å²) in [6.07, 6.45) is 6.86. The third kappa shape index (κ3) is 2.89. The van der Waals surface area contributed by atoms with Gasteiger partial charge in [-0.3, -0.25) is 4.57 Å². The minimum absolute atomic E-state index is 0.141. The SMILES string of the molecule is Cc1nc(N2CCN(S(=O)(=O)C3CC3)CC2)cc(-n2ccnc2)n1. The monoisotopic (exact) mass is 348 g/mol. The molecule has 2 aromatic heterocycles. The van der Waals surface area contributed by atoms with Gasteiger partial charge in [-0.25, -0.2) is 23.4 Å². The molecule has 3 heterocycles. The molecule has 2 aromatic rings. The van der Waals surface area contributed by atoms with Crippen molar-refractivity contribution >= 4 is 15.8 Å². The summed E-state index contributed by atoms with van der Waals surface area (Å²) < 4.78 is 28.1. The topological polar surface area (TPSA) is 84.2 Å². The maximum atomic E-state index is 12.3.